The number of rotatable bonds is 7. The fraction of sp³-hybridized carbons (Fsp3) is 0.450. The minimum Gasteiger partial charge on any atom is -0.494 e. The molecule has 5 heteroatoms. The molecule has 2 heterocycles. The van der Waals surface area contributed by atoms with E-state index in [4.69, 9.17) is 9.15 Å². The summed E-state index contributed by atoms with van der Waals surface area (Å²) in [5.41, 5.74) is 0.613. The van der Waals surface area contributed by atoms with Gasteiger partial charge in [-0.15, -0.1) is 0 Å². The van der Waals surface area contributed by atoms with E-state index in [1.54, 1.807) is 12.1 Å². The normalized spacial score (nSPS) is 15.9. The SMILES string of the molecule is CCOc1cccc(C(=O)NC[C@H](c2ccc(C)o2)N2CCCC2)c1. The number of benzene rings is 1. The lowest BCUT2D eigenvalue weighted by Crippen LogP contribution is -2.36. The third-order valence-electron chi connectivity index (χ3n) is 4.53. The number of aryl methyl sites for hydroxylation is 1. The zero-order chi connectivity index (χ0) is 17.6. The average Bonchev–Trinajstić information content (AvgIpc) is 3.28. The van der Waals surface area contributed by atoms with E-state index in [-0.39, 0.29) is 11.9 Å². The summed E-state index contributed by atoms with van der Waals surface area (Å²) in [6.45, 7) is 7.08. The van der Waals surface area contributed by atoms with E-state index in [0.29, 0.717) is 24.5 Å². The molecule has 2 aromatic rings. The minimum absolute atomic E-state index is 0.0789. The van der Waals surface area contributed by atoms with E-state index in [1.807, 2.05) is 38.1 Å². The van der Waals surface area contributed by atoms with Crippen molar-refractivity contribution in [3.8, 4) is 5.75 Å². The van der Waals surface area contributed by atoms with Gasteiger partial charge in [0.1, 0.15) is 17.3 Å². The van der Waals surface area contributed by atoms with Gasteiger partial charge in [-0.1, -0.05) is 6.07 Å². The molecule has 0 radical (unpaired) electrons. The third kappa shape index (κ3) is 4.42. The highest BCUT2D eigenvalue weighted by Gasteiger charge is 2.26. The quantitative estimate of drug-likeness (QED) is 0.836. The maximum Gasteiger partial charge on any atom is 0.251 e. The van der Waals surface area contributed by atoms with Crippen LogP contribution in [-0.2, 0) is 0 Å². The van der Waals surface area contributed by atoms with Crippen LogP contribution >= 0.6 is 0 Å². The lowest BCUT2D eigenvalue weighted by Gasteiger charge is -2.26. The molecule has 1 fully saturated rings. The Kier molecular flexibility index (Phi) is 5.76. The Hall–Kier alpha value is -2.27. The van der Waals surface area contributed by atoms with Crippen LogP contribution in [0.1, 0.15) is 47.7 Å². The van der Waals surface area contributed by atoms with Crippen LogP contribution < -0.4 is 10.1 Å². The molecule has 3 rings (SSSR count). The van der Waals surface area contributed by atoms with Gasteiger partial charge >= 0.3 is 0 Å². The van der Waals surface area contributed by atoms with Crippen molar-refractivity contribution in [3.05, 3.63) is 53.5 Å². The molecule has 1 aromatic carbocycles. The van der Waals surface area contributed by atoms with Gasteiger partial charge in [-0.3, -0.25) is 9.69 Å². The third-order valence-corrected chi connectivity index (χ3v) is 4.53. The summed E-state index contributed by atoms with van der Waals surface area (Å²) in [7, 11) is 0. The molecule has 25 heavy (non-hydrogen) atoms. The van der Waals surface area contributed by atoms with Gasteiger partial charge in [0, 0.05) is 12.1 Å². The molecule has 1 amide bonds. The number of hydrogen-bond acceptors (Lipinski definition) is 4. The number of amides is 1. The summed E-state index contributed by atoms with van der Waals surface area (Å²) in [5.74, 6) is 2.44. The molecule has 1 aliphatic heterocycles. The van der Waals surface area contributed by atoms with E-state index in [2.05, 4.69) is 10.2 Å². The molecular formula is C20H26N2O3. The summed E-state index contributed by atoms with van der Waals surface area (Å²) in [5, 5.41) is 3.06. The first-order valence-electron chi connectivity index (χ1n) is 8.99. The van der Waals surface area contributed by atoms with E-state index in [9.17, 15) is 4.79 Å². The van der Waals surface area contributed by atoms with E-state index < -0.39 is 0 Å². The van der Waals surface area contributed by atoms with Crippen molar-refractivity contribution in [1.82, 2.24) is 10.2 Å². The van der Waals surface area contributed by atoms with Crippen molar-refractivity contribution in [3.63, 3.8) is 0 Å². The number of nitrogens with zero attached hydrogens (tertiary/aromatic N) is 1. The van der Waals surface area contributed by atoms with E-state index in [1.165, 1.54) is 12.8 Å². The largest absolute Gasteiger partial charge is 0.494 e. The molecule has 1 atom stereocenters. The van der Waals surface area contributed by atoms with Gasteiger partial charge in [0.05, 0.1) is 12.6 Å². The lowest BCUT2D eigenvalue weighted by molar-refractivity contribution is 0.0933. The first-order chi connectivity index (χ1) is 12.2. The van der Waals surface area contributed by atoms with Crippen molar-refractivity contribution >= 4 is 5.91 Å². The van der Waals surface area contributed by atoms with Crippen LogP contribution in [0.15, 0.2) is 40.8 Å². The number of hydrogen-bond donors (Lipinski definition) is 1. The highest BCUT2D eigenvalue weighted by atomic mass is 16.5. The van der Waals surface area contributed by atoms with Crippen molar-refractivity contribution < 1.29 is 13.9 Å². The highest BCUT2D eigenvalue weighted by Crippen LogP contribution is 2.26. The van der Waals surface area contributed by atoms with Gasteiger partial charge < -0.3 is 14.5 Å². The molecule has 0 saturated carbocycles. The second-order valence-electron chi connectivity index (χ2n) is 6.38. The molecule has 0 bridgehead atoms. The highest BCUT2D eigenvalue weighted by molar-refractivity contribution is 5.94. The number of ether oxygens (including phenoxy) is 1. The maximum atomic E-state index is 12.5. The zero-order valence-corrected chi connectivity index (χ0v) is 15.0. The van der Waals surface area contributed by atoms with Gasteiger partial charge in [0.2, 0.25) is 0 Å². The Labute approximate surface area is 149 Å². The second kappa shape index (κ2) is 8.21. The predicted octanol–water partition coefficient (Wildman–Crippen LogP) is 3.55. The second-order valence-corrected chi connectivity index (χ2v) is 6.38. The van der Waals surface area contributed by atoms with Crippen LogP contribution in [0.25, 0.3) is 0 Å². The van der Waals surface area contributed by atoms with Crippen LogP contribution in [0.3, 0.4) is 0 Å². The average molecular weight is 342 g/mol. The topological polar surface area (TPSA) is 54.7 Å². The first kappa shape index (κ1) is 17.5. The number of furan rings is 1. The Morgan fingerprint density at radius 1 is 1.28 bits per heavy atom. The Morgan fingerprint density at radius 3 is 2.76 bits per heavy atom. The number of nitrogens with one attached hydrogen (secondary N) is 1. The van der Waals surface area contributed by atoms with Crippen LogP contribution in [0.4, 0.5) is 0 Å². The fourth-order valence-electron chi connectivity index (χ4n) is 3.28. The van der Waals surface area contributed by atoms with Crippen molar-refractivity contribution in [2.45, 2.75) is 32.7 Å². The number of carbonyl (C=O) groups is 1. The van der Waals surface area contributed by atoms with Crippen LogP contribution in [0.2, 0.25) is 0 Å². The van der Waals surface area contributed by atoms with Crippen LogP contribution in [0, 0.1) is 6.92 Å². The standard InChI is InChI=1S/C20H26N2O3/c1-3-24-17-8-6-7-16(13-17)20(23)21-14-18(22-11-4-5-12-22)19-10-9-15(2)25-19/h6-10,13,18H,3-5,11-12,14H2,1-2H3,(H,21,23)/t18-/m1/s1. The molecule has 0 aliphatic carbocycles. The molecule has 1 aliphatic rings. The van der Waals surface area contributed by atoms with E-state index >= 15 is 0 Å². The molecule has 1 aromatic heterocycles. The minimum atomic E-state index is -0.0889. The lowest BCUT2D eigenvalue weighted by atomic mass is 10.1. The van der Waals surface area contributed by atoms with Gasteiger partial charge in [-0.2, -0.15) is 0 Å². The summed E-state index contributed by atoms with van der Waals surface area (Å²) in [6.07, 6.45) is 2.39. The summed E-state index contributed by atoms with van der Waals surface area (Å²) in [4.78, 5) is 14.9. The Morgan fingerprint density at radius 2 is 2.08 bits per heavy atom. The summed E-state index contributed by atoms with van der Waals surface area (Å²) >= 11 is 0. The van der Waals surface area contributed by atoms with E-state index in [0.717, 1.165) is 24.6 Å². The van der Waals surface area contributed by atoms with Gasteiger partial charge in [-0.25, -0.2) is 0 Å². The van der Waals surface area contributed by atoms with Crippen LogP contribution in [0.5, 0.6) is 5.75 Å². The Bertz CT molecular complexity index is 704. The molecule has 0 spiro atoms. The number of likely N-dealkylation sites (tertiary alicyclic amines) is 1. The first-order valence-corrected chi connectivity index (χ1v) is 8.99. The van der Waals surface area contributed by atoms with Gasteiger partial charge in [0.25, 0.3) is 5.91 Å². The van der Waals surface area contributed by atoms with Gasteiger partial charge in [0.15, 0.2) is 0 Å². The predicted molar refractivity (Wildman–Crippen MR) is 96.9 cm³/mol. The van der Waals surface area contributed by atoms with Crippen molar-refractivity contribution in [2.24, 2.45) is 0 Å². The molecule has 1 saturated heterocycles. The number of carbonyl (C=O) groups excluding carboxylic acids is 1. The molecule has 134 valence electrons. The molecule has 5 nitrogen and oxygen atoms in total. The summed E-state index contributed by atoms with van der Waals surface area (Å²) in [6, 6.07) is 11.4. The molecule has 0 unspecified atom stereocenters. The Balaban J connectivity index is 1.68. The van der Waals surface area contributed by atoms with Crippen molar-refractivity contribution in [1.29, 1.82) is 0 Å². The summed E-state index contributed by atoms with van der Waals surface area (Å²) < 4.78 is 11.3. The molecular weight excluding hydrogens is 316 g/mol. The van der Waals surface area contributed by atoms with Crippen molar-refractivity contribution in [2.75, 3.05) is 26.2 Å². The molecule has 1 N–H and O–H groups in total. The maximum absolute atomic E-state index is 12.5. The zero-order valence-electron chi connectivity index (χ0n) is 15.0. The van der Waals surface area contributed by atoms with Gasteiger partial charge in [-0.05, 0) is 70.1 Å². The van der Waals surface area contributed by atoms with Crippen LogP contribution in [-0.4, -0.2) is 37.0 Å². The smallest absolute Gasteiger partial charge is 0.251 e. The fourth-order valence-corrected chi connectivity index (χ4v) is 3.28. The monoisotopic (exact) mass is 342 g/mol.